The minimum Gasteiger partial charge on any atom is -0.345 e. The number of nitro groups is 1. The predicted molar refractivity (Wildman–Crippen MR) is 81.4 cm³/mol. The van der Waals surface area contributed by atoms with Crippen LogP contribution in [0.1, 0.15) is 38.5 Å². The quantitative estimate of drug-likeness (QED) is 0.387. The van der Waals surface area contributed by atoms with E-state index < -0.39 is 16.7 Å². The normalized spacial score (nSPS) is 15.6. The van der Waals surface area contributed by atoms with Crippen molar-refractivity contribution in [3.63, 3.8) is 0 Å². The number of carbonyl (C=O) groups is 2. The second-order valence-corrected chi connectivity index (χ2v) is 5.39. The average Bonchev–Trinajstić information content (AvgIpc) is 2.76. The number of nitro benzene ring substituents is 1. The number of hydrogen-bond acceptors (Lipinski definition) is 4. The van der Waals surface area contributed by atoms with E-state index in [1.165, 1.54) is 18.2 Å². The maximum atomic E-state index is 11.9. The highest BCUT2D eigenvalue weighted by atomic mass is 16.6. The van der Waals surface area contributed by atoms with Crippen LogP contribution in [0.4, 0.5) is 11.4 Å². The van der Waals surface area contributed by atoms with Crippen LogP contribution in [0.5, 0.6) is 0 Å². The molecule has 7 heteroatoms. The van der Waals surface area contributed by atoms with Crippen LogP contribution >= 0.6 is 0 Å². The molecule has 1 aromatic carbocycles. The van der Waals surface area contributed by atoms with Crippen LogP contribution in [-0.4, -0.2) is 22.8 Å². The van der Waals surface area contributed by atoms with E-state index in [2.05, 4.69) is 10.6 Å². The summed E-state index contributed by atoms with van der Waals surface area (Å²) in [6.45, 7) is 0. The SMILES string of the molecule is O=C(Nc1ccccc1[N+](=O)[O-])C(=O)NC1CCCCCC1. The van der Waals surface area contributed by atoms with Crippen LogP contribution in [0, 0.1) is 10.1 Å². The molecule has 2 N–H and O–H groups in total. The number of hydrogen-bond donors (Lipinski definition) is 2. The number of carbonyl (C=O) groups excluding carboxylic acids is 2. The zero-order valence-electron chi connectivity index (χ0n) is 12.2. The lowest BCUT2D eigenvalue weighted by Crippen LogP contribution is -2.41. The van der Waals surface area contributed by atoms with E-state index >= 15 is 0 Å². The molecule has 22 heavy (non-hydrogen) atoms. The second kappa shape index (κ2) is 7.53. The third-order valence-corrected chi connectivity index (χ3v) is 3.75. The lowest BCUT2D eigenvalue weighted by Gasteiger charge is -2.15. The summed E-state index contributed by atoms with van der Waals surface area (Å²) in [7, 11) is 0. The highest BCUT2D eigenvalue weighted by Crippen LogP contribution is 2.23. The van der Waals surface area contributed by atoms with Gasteiger partial charge in [0.25, 0.3) is 5.69 Å². The van der Waals surface area contributed by atoms with Crippen molar-refractivity contribution in [1.82, 2.24) is 5.32 Å². The van der Waals surface area contributed by atoms with Crippen molar-refractivity contribution in [2.75, 3.05) is 5.32 Å². The molecule has 0 heterocycles. The van der Waals surface area contributed by atoms with Gasteiger partial charge in [-0.05, 0) is 18.9 Å². The van der Waals surface area contributed by atoms with Crippen LogP contribution in [0.25, 0.3) is 0 Å². The van der Waals surface area contributed by atoms with Crippen LogP contribution in [0.3, 0.4) is 0 Å². The zero-order chi connectivity index (χ0) is 15.9. The first-order valence-electron chi connectivity index (χ1n) is 7.43. The maximum absolute atomic E-state index is 11.9. The molecule has 1 aliphatic rings. The van der Waals surface area contributed by atoms with E-state index in [9.17, 15) is 19.7 Å². The summed E-state index contributed by atoms with van der Waals surface area (Å²) in [4.78, 5) is 34.1. The fourth-order valence-corrected chi connectivity index (χ4v) is 2.59. The molecule has 1 aromatic rings. The summed E-state index contributed by atoms with van der Waals surface area (Å²) in [5, 5.41) is 15.9. The molecular weight excluding hydrogens is 286 g/mol. The van der Waals surface area contributed by atoms with Gasteiger partial charge in [-0.1, -0.05) is 37.8 Å². The topological polar surface area (TPSA) is 101 Å². The number of anilines is 1. The largest absolute Gasteiger partial charge is 0.345 e. The first-order chi connectivity index (χ1) is 10.6. The Kier molecular flexibility index (Phi) is 5.46. The number of para-hydroxylation sites is 2. The highest BCUT2D eigenvalue weighted by Gasteiger charge is 2.22. The lowest BCUT2D eigenvalue weighted by atomic mass is 10.1. The van der Waals surface area contributed by atoms with Crippen molar-refractivity contribution in [3.05, 3.63) is 34.4 Å². The second-order valence-electron chi connectivity index (χ2n) is 5.39. The smallest absolute Gasteiger partial charge is 0.313 e. The van der Waals surface area contributed by atoms with Gasteiger partial charge in [-0.15, -0.1) is 0 Å². The van der Waals surface area contributed by atoms with Crippen LogP contribution in [-0.2, 0) is 9.59 Å². The van der Waals surface area contributed by atoms with Crippen molar-refractivity contribution in [2.45, 2.75) is 44.6 Å². The molecule has 0 unspecified atom stereocenters. The van der Waals surface area contributed by atoms with E-state index in [-0.39, 0.29) is 17.4 Å². The van der Waals surface area contributed by atoms with Gasteiger partial charge in [-0.3, -0.25) is 19.7 Å². The van der Waals surface area contributed by atoms with Gasteiger partial charge in [-0.2, -0.15) is 0 Å². The van der Waals surface area contributed by atoms with Crippen LogP contribution in [0.15, 0.2) is 24.3 Å². The standard InChI is InChI=1S/C15H19N3O4/c19-14(16-11-7-3-1-2-4-8-11)15(20)17-12-9-5-6-10-13(12)18(21)22/h5-6,9-11H,1-4,7-8H2,(H,16,19)(H,17,20). The van der Waals surface area contributed by atoms with Crippen molar-refractivity contribution in [2.24, 2.45) is 0 Å². The Balaban J connectivity index is 1.96. The van der Waals surface area contributed by atoms with Gasteiger partial charge < -0.3 is 10.6 Å². The van der Waals surface area contributed by atoms with Gasteiger partial charge in [-0.25, -0.2) is 0 Å². The van der Waals surface area contributed by atoms with Crippen molar-refractivity contribution < 1.29 is 14.5 Å². The van der Waals surface area contributed by atoms with Gasteiger partial charge in [0, 0.05) is 12.1 Å². The van der Waals surface area contributed by atoms with E-state index in [1.807, 2.05) is 0 Å². The summed E-state index contributed by atoms with van der Waals surface area (Å²) in [6.07, 6.45) is 6.10. The molecule has 0 saturated heterocycles. The Hall–Kier alpha value is -2.44. The van der Waals surface area contributed by atoms with Gasteiger partial charge in [0.1, 0.15) is 5.69 Å². The zero-order valence-corrected chi connectivity index (χ0v) is 12.2. The van der Waals surface area contributed by atoms with Crippen molar-refractivity contribution >= 4 is 23.2 Å². The molecule has 0 bridgehead atoms. The lowest BCUT2D eigenvalue weighted by molar-refractivity contribution is -0.383. The fourth-order valence-electron chi connectivity index (χ4n) is 2.59. The number of nitrogens with zero attached hydrogens (tertiary/aromatic N) is 1. The van der Waals surface area contributed by atoms with E-state index in [1.54, 1.807) is 6.07 Å². The molecule has 1 fully saturated rings. The molecular formula is C15H19N3O4. The first kappa shape index (κ1) is 15.9. The summed E-state index contributed by atoms with van der Waals surface area (Å²) in [5.74, 6) is -1.62. The third-order valence-electron chi connectivity index (χ3n) is 3.75. The van der Waals surface area contributed by atoms with Gasteiger partial charge in [0.05, 0.1) is 4.92 Å². The summed E-state index contributed by atoms with van der Waals surface area (Å²) in [6, 6.07) is 5.74. The van der Waals surface area contributed by atoms with E-state index in [0.29, 0.717) is 0 Å². The minimum absolute atomic E-state index is 0.00603. The molecule has 0 aliphatic heterocycles. The minimum atomic E-state index is -0.876. The van der Waals surface area contributed by atoms with Crippen LogP contribution < -0.4 is 10.6 Å². The van der Waals surface area contributed by atoms with E-state index in [4.69, 9.17) is 0 Å². The fraction of sp³-hybridized carbons (Fsp3) is 0.467. The summed E-state index contributed by atoms with van der Waals surface area (Å²) < 4.78 is 0. The Morgan fingerprint density at radius 3 is 2.32 bits per heavy atom. The monoisotopic (exact) mass is 305 g/mol. The summed E-state index contributed by atoms with van der Waals surface area (Å²) in [5.41, 5.74) is -0.216. The molecule has 7 nitrogen and oxygen atoms in total. The van der Waals surface area contributed by atoms with Gasteiger partial charge >= 0.3 is 11.8 Å². The number of rotatable bonds is 3. The molecule has 118 valence electrons. The molecule has 1 saturated carbocycles. The molecule has 0 radical (unpaired) electrons. The van der Waals surface area contributed by atoms with Crippen LogP contribution in [0.2, 0.25) is 0 Å². The predicted octanol–water partition coefficient (Wildman–Crippen LogP) is 2.37. The molecule has 0 atom stereocenters. The molecule has 1 aliphatic carbocycles. The molecule has 2 amide bonds. The van der Waals surface area contributed by atoms with Gasteiger partial charge in [0.15, 0.2) is 0 Å². The van der Waals surface area contributed by atoms with Crippen molar-refractivity contribution in [3.8, 4) is 0 Å². The Bertz CT molecular complexity index is 566. The number of benzene rings is 1. The highest BCUT2D eigenvalue weighted by molar-refractivity contribution is 6.39. The Morgan fingerprint density at radius 1 is 1.05 bits per heavy atom. The molecule has 0 spiro atoms. The molecule has 0 aromatic heterocycles. The van der Waals surface area contributed by atoms with Gasteiger partial charge in [0.2, 0.25) is 0 Å². The maximum Gasteiger partial charge on any atom is 0.313 e. The third kappa shape index (κ3) is 4.28. The summed E-state index contributed by atoms with van der Waals surface area (Å²) >= 11 is 0. The first-order valence-corrected chi connectivity index (χ1v) is 7.43. The number of amides is 2. The Labute approximate surface area is 128 Å². The molecule has 2 rings (SSSR count). The van der Waals surface area contributed by atoms with Crippen molar-refractivity contribution in [1.29, 1.82) is 0 Å². The average molecular weight is 305 g/mol. The number of nitrogens with one attached hydrogen (secondary N) is 2. The Morgan fingerprint density at radius 2 is 1.68 bits per heavy atom. The van der Waals surface area contributed by atoms with E-state index in [0.717, 1.165) is 38.5 Å².